The molecule has 1 aromatic rings. The van der Waals surface area contributed by atoms with E-state index in [1.165, 1.54) is 0 Å². The maximum Gasteiger partial charge on any atom is 0.128 e. The summed E-state index contributed by atoms with van der Waals surface area (Å²) < 4.78 is 0. The molecule has 1 heterocycles. The molecule has 1 aromatic heterocycles. The molecule has 0 aliphatic heterocycles. The molecule has 13 heavy (non-hydrogen) atoms. The third-order valence-corrected chi connectivity index (χ3v) is 1.85. The van der Waals surface area contributed by atoms with Crippen molar-refractivity contribution in [3.63, 3.8) is 0 Å². The molecule has 0 aliphatic carbocycles. The molecule has 1 rings (SSSR count). The summed E-state index contributed by atoms with van der Waals surface area (Å²) in [5.41, 5.74) is 6.49. The van der Waals surface area contributed by atoms with Crippen LogP contribution in [-0.2, 0) is 5.54 Å². The lowest BCUT2D eigenvalue weighted by Gasteiger charge is -2.20. The van der Waals surface area contributed by atoms with Gasteiger partial charge in [0, 0.05) is 14.1 Å². The van der Waals surface area contributed by atoms with Gasteiger partial charge in [-0.1, -0.05) is 6.07 Å². The van der Waals surface area contributed by atoms with Crippen LogP contribution in [0.2, 0.25) is 0 Å². The molecule has 0 unspecified atom stereocenters. The largest absolute Gasteiger partial charge is 0.363 e. The molecule has 0 atom stereocenters. The molecule has 0 aromatic carbocycles. The Labute approximate surface area is 79.6 Å². The van der Waals surface area contributed by atoms with Gasteiger partial charge in [-0.25, -0.2) is 4.98 Å². The molecular weight excluding hydrogens is 162 g/mol. The Balaban J connectivity index is 3.06. The number of hydrogen-bond donors (Lipinski definition) is 1. The number of nitrogens with two attached hydrogens (primary N) is 1. The van der Waals surface area contributed by atoms with Gasteiger partial charge in [-0.05, 0) is 26.0 Å². The van der Waals surface area contributed by atoms with Crippen LogP contribution >= 0.6 is 0 Å². The van der Waals surface area contributed by atoms with Crippen molar-refractivity contribution in [2.45, 2.75) is 19.4 Å². The van der Waals surface area contributed by atoms with Crippen LogP contribution in [0.3, 0.4) is 0 Å². The minimum atomic E-state index is -0.369. The fourth-order valence-electron chi connectivity index (χ4n) is 1.03. The monoisotopic (exact) mass is 179 g/mol. The summed E-state index contributed by atoms with van der Waals surface area (Å²) >= 11 is 0. The molecule has 0 aliphatic rings. The van der Waals surface area contributed by atoms with Crippen molar-refractivity contribution in [2.24, 2.45) is 5.73 Å². The van der Waals surface area contributed by atoms with Gasteiger partial charge < -0.3 is 10.6 Å². The first-order valence-electron chi connectivity index (χ1n) is 4.35. The molecule has 0 radical (unpaired) electrons. The molecule has 0 spiro atoms. The van der Waals surface area contributed by atoms with Crippen LogP contribution in [0.15, 0.2) is 18.2 Å². The van der Waals surface area contributed by atoms with E-state index in [-0.39, 0.29) is 5.54 Å². The smallest absolute Gasteiger partial charge is 0.128 e. The highest BCUT2D eigenvalue weighted by molar-refractivity contribution is 5.38. The van der Waals surface area contributed by atoms with Crippen molar-refractivity contribution >= 4 is 5.82 Å². The second-order valence-corrected chi connectivity index (χ2v) is 4.00. The number of anilines is 1. The molecule has 0 bridgehead atoms. The summed E-state index contributed by atoms with van der Waals surface area (Å²) in [7, 11) is 3.94. The van der Waals surface area contributed by atoms with Crippen LogP contribution in [0.25, 0.3) is 0 Å². The summed E-state index contributed by atoms with van der Waals surface area (Å²) in [6, 6.07) is 5.90. The third kappa shape index (κ3) is 2.42. The topological polar surface area (TPSA) is 42.1 Å². The summed E-state index contributed by atoms with van der Waals surface area (Å²) in [5, 5.41) is 0. The standard InChI is InChI=1S/C10H17N3/c1-10(2,11)8-6-5-7-9(12-8)13(3)4/h5-7H,11H2,1-4H3. The fourth-order valence-corrected chi connectivity index (χ4v) is 1.03. The third-order valence-electron chi connectivity index (χ3n) is 1.85. The minimum Gasteiger partial charge on any atom is -0.363 e. The highest BCUT2D eigenvalue weighted by atomic mass is 15.1. The van der Waals surface area contributed by atoms with Gasteiger partial charge in [0.1, 0.15) is 5.82 Å². The number of hydrogen-bond acceptors (Lipinski definition) is 3. The molecule has 0 amide bonds. The van der Waals surface area contributed by atoms with Crippen molar-refractivity contribution in [2.75, 3.05) is 19.0 Å². The van der Waals surface area contributed by atoms with E-state index < -0.39 is 0 Å². The molecule has 0 saturated carbocycles. The van der Waals surface area contributed by atoms with Crippen LogP contribution < -0.4 is 10.6 Å². The molecule has 0 saturated heterocycles. The van der Waals surface area contributed by atoms with Gasteiger partial charge in [0.2, 0.25) is 0 Å². The Morgan fingerprint density at radius 2 is 1.92 bits per heavy atom. The van der Waals surface area contributed by atoms with Crippen molar-refractivity contribution in [3.8, 4) is 0 Å². The quantitative estimate of drug-likeness (QED) is 0.745. The molecule has 72 valence electrons. The average molecular weight is 179 g/mol. The lowest BCUT2D eigenvalue weighted by atomic mass is 10.0. The molecule has 3 heteroatoms. The minimum absolute atomic E-state index is 0.369. The van der Waals surface area contributed by atoms with Crippen LogP contribution in [-0.4, -0.2) is 19.1 Å². The molecule has 2 N–H and O–H groups in total. The van der Waals surface area contributed by atoms with E-state index in [1.807, 2.05) is 51.0 Å². The zero-order valence-electron chi connectivity index (χ0n) is 8.70. The maximum atomic E-state index is 5.94. The Kier molecular flexibility index (Phi) is 2.57. The molecular formula is C10H17N3. The second kappa shape index (κ2) is 3.34. The first-order valence-corrected chi connectivity index (χ1v) is 4.35. The van der Waals surface area contributed by atoms with Crippen molar-refractivity contribution in [1.82, 2.24) is 4.98 Å². The first kappa shape index (κ1) is 9.99. The number of rotatable bonds is 2. The number of pyridine rings is 1. The Hall–Kier alpha value is -1.09. The van der Waals surface area contributed by atoms with E-state index in [1.54, 1.807) is 0 Å². The van der Waals surface area contributed by atoms with Crippen LogP contribution in [0, 0.1) is 0 Å². The van der Waals surface area contributed by atoms with Crippen LogP contribution in [0.1, 0.15) is 19.5 Å². The fraction of sp³-hybridized carbons (Fsp3) is 0.500. The number of nitrogens with zero attached hydrogens (tertiary/aromatic N) is 2. The van der Waals surface area contributed by atoms with Gasteiger partial charge in [-0.15, -0.1) is 0 Å². The second-order valence-electron chi connectivity index (χ2n) is 4.00. The predicted molar refractivity (Wildman–Crippen MR) is 55.8 cm³/mol. The van der Waals surface area contributed by atoms with Gasteiger partial charge in [-0.2, -0.15) is 0 Å². The zero-order valence-corrected chi connectivity index (χ0v) is 8.70. The maximum absolute atomic E-state index is 5.94. The summed E-state index contributed by atoms with van der Waals surface area (Å²) in [5.74, 6) is 0.941. The van der Waals surface area contributed by atoms with Crippen molar-refractivity contribution in [1.29, 1.82) is 0 Å². The van der Waals surface area contributed by atoms with Gasteiger partial charge in [0.25, 0.3) is 0 Å². The van der Waals surface area contributed by atoms with Gasteiger partial charge >= 0.3 is 0 Å². The van der Waals surface area contributed by atoms with E-state index in [0.717, 1.165) is 11.5 Å². The lowest BCUT2D eigenvalue weighted by molar-refractivity contribution is 0.535. The Morgan fingerprint density at radius 1 is 1.31 bits per heavy atom. The highest BCUT2D eigenvalue weighted by Gasteiger charge is 2.15. The Morgan fingerprint density at radius 3 is 2.38 bits per heavy atom. The van der Waals surface area contributed by atoms with Crippen LogP contribution in [0.5, 0.6) is 0 Å². The number of aromatic nitrogens is 1. The lowest BCUT2D eigenvalue weighted by Crippen LogP contribution is -2.30. The summed E-state index contributed by atoms with van der Waals surface area (Å²) in [6.07, 6.45) is 0. The SMILES string of the molecule is CN(C)c1cccc(C(C)(C)N)n1. The Bertz CT molecular complexity index is 286. The first-order chi connectivity index (χ1) is 5.91. The highest BCUT2D eigenvalue weighted by Crippen LogP contribution is 2.17. The van der Waals surface area contributed by atoms with Crippen molar-refractivity contribution in [3.05, 3.63) is 23.9 Å². The van der Waals surface area contributed by atoms with E-state index in [0.29, 0.717) is 0 Å². The normalized spacial score (nSPS) is 11.5. The van der Waals surface area contributed by atoms with Crippen molar-refractivity contribution < 1.29 is 0 Å². The van der Waals surface area contributed by atoms with E-state index in [4.69, 9.17) is 5.73 Å². The molecule has 3 nitrogen and oxygen atoms in total. The van der Waals surface area contributed by atoms with E-state index in [9.17, 15) is 0 Å². The van der Waals surface area contributed by atoms with Gasteiger partial charge in [0.15, 0.2) is 0 Å². The van der Waals surface area contributed by atoms with E-state index >= 15 is 0 Å². The predicted octanol–water partition coefficient (Wildman–Crippen LogP) is 1.34. The van der Waals surface area contributed by atoms with Gasteiger partial charge in [0.05, 0.1) is 11.2 Å². The summed E-state index contributed by atoms with van der Waals surface area (Å²) in [4.78, 5) is 6.41. The van der Waals surface area contributed by atoms with E-state index in [2.05, 4.69) is 4.98 Å². The zero-order chi connectivity index (χ0) is 10.1. The van der Waals surface area contributed by atoms with Crippen LogP contribution in [0.4, 0.5) is 5.82 Å². The molecule has 0 fully saturated rings. The van der Waals surface area contributed by atoms with Gasteiger partial charge in [-0.3, -0.25) is 0 Å². The average Bonchev–Trinajstić information content (AvgIpc) is 2.03. The summed E-state index contributed by atoms with van der Waals surface area (Å²) in [6.45, 7) is 3.91.